The number of carbonyl (C=O) groups excluding carboxylic acids is 3. The molecule has 0 aliphatic carbocycles. The minimum atomic E-state index is -0.638. The van der Waals surface area contributed by atoms with E-state index >= 15 is 0 Å². The number of amides is 3. The van der Waals surface area contributed by atoms with Crippen LogP contribution in [0.4, 0.5) is 10.1 Å². The number of carbonyl (C=O) groups is 3. The maximum absolute atomic E-state index is 15.0. The van der Waals surface area contributed by atoms with Gasteiger partial charge >= 0.3 is 0 Å². The summed E-state index contributed by atoms with van der Waals surface area (Å²) in [5.41, 5.74) is 3.56. The second-order valence-corrected chi connectivity index (χ2v) is 14.0. The topological polar surface area (TPSA) is 117 Å². The van der Waals surface area contributed by atoms with Crippen molar-refractivity contribution in [2.45, 2.75) is 56.4 Å². The van der Waals surface area contributed by atoms with Gasteiger partial charge in [0, 0.05) is 56.8 Å². The van der Waals surface area contributed by atoms with E-state index in [1.807, 2.05) is 23.1 Å². The van der Waals surface area contributed by atoms with E-state index in [0.717, 1.165) is 37.9 Å². The zero-order valence-corrected chi connectivity index (χ0v) is 28.3. The Balaban J connectivity index is 1.01. The molecule has 6 rings (SSSR count). The van der Waals surface area contributed by atoms with Gasteiger partial charge in [-0.1, -0.05) is 24.3 Å². The van der Waals surface area contributed by atoms with Crippen molar-refractivity contribution in [3.05, 3.63) is 91.6 Å². The number of aromatic nitrogens is 2. The molecule has 2 aromatic carbocycles. The summed E-state index contributed by atoms with van der Waals surface area (Å²) in [6, 6.07) is 13.2. The molecule has 0 saturated carbocycles. The van der Waals surface area contributed by atoms with Gasteiger partial charge in [0.15, 0.2) is 0 Å². The first kappa shape index (κ1) is 33.0. The van der Waals surface area contributed by atoms with Gasteiger partial charge in [-0.2, -0.15) is 5.10 Å². The molecule has 3 amide bonds. The SMILES string of the molecule is CN1CC(Nc2cnn(C)c(=O)c2Br)CC(c2ccc(C(=O)N3CCC(Cc4ccc(C5CCC(=O)NC5=O)c(F)c4)CC3)cc2)C1. The fourth-order valence-electron chi connectivity index (χ4n) is 7.22. The Morgan fingerprint density at radius 1 is 1.04 bits per heavy atom. The predicted molar refractivity (Wildman–Crippen MR) is 180 cm³/mol. The van der Waals surface area contributed by atoms with Crippen LogP contribution in [0.1, 0.15) is 71.0 Å². The number of piperidine rings is 3. The Hall–Kier alpha value is -3.90. The van der Waals surface area contributed by atoms with E-state index in [-0.39, 0.29) is 35.8 Å². The molecule has 3 aliphatic rings. The molecule has 3 aromatic rings. The van der Waals surface area contributed by atoms with E-state index in [0.29, 0.717) is 53.1 Å². The Kier molecular flexibility index (Phi) is 9.88. The van der Waals surface area contributed by atoms with Crippen molar-refractivity contribution in [1.29, 1.82) is 0 Å². The number of aryl methyl sites for hydroxylation is 1. The van der Waals surface area contributed by atoms with E-state index in [4.69, 9.17) is 0 Å². The minimum Gasteiger partial charge on any atom is -0.379 e. The van der Waals surface area contributed by atoms with Gasteiger partial charge in [0.25, 0.3) is 11.5 Å². The van der Waals surface area contributed by atoms with E-state index in [2.05, 4.69) is 55.7 Å². The fourth-order valence-corrected chi connectivity index (χ4v) is 7.69. The summed E-state index contributed by atoms with van der Waals surface area (Å²) in [4.78, 5) is 53.5. The van der Waals surface area contributed by atoms with Crippen molar-refractivity contribution in [1.82, 2.24) is 24.9 Å². The number of hydrogen-bond acceptors (Lipinski definition) is 7. The Bertz CT molecular complexity index is 1720. The average Bonchev–Trinajstić information content (AvgIpc) is 3.05. The molecule has 12 heteroatoms. The molecule has 0 bridgehead atoms. The van der Waals surface area contributed by atoms with Gasteiger partial charge < -0.3 is 15.1 Å². The summed E-state index contributed by atoms with van der Waals surface area (Å²) in [6.07, 6.45) is 5.47. The van der Waals surface area contributed by atoms with Crippen molar-refractivity contribution < 1.29 is 18.8 Å². The van der Waals surface area contributed by atoms with E-state index < -0.39 is 17.6 Å². The molecular formula is C35H40BrFN6O4. The molecule has 3 aliphatic heterocycles. The Morgan fingerprint density at radius 2 is 1.79 bits per heavy atom. The number of likely N-dealkylation sites (tertiary alicyclic amines) is 2. The molecule has 4 heterocycles. The highest BCUT2D eigenvalue weighted by molar-refractivity contribution is 9.10. The summed E-state index contributed by atoms with van der Waals surface area (Å²) in [6.45, 7) is 3.04. The lowest BCUT2D eigenvalue weighted by Gasteiger charge is -2.37. The maximum Gasteiger partial charge on any atom is 0.282 e. The highest BCUT2D eigenvalue weighted by atomic mass is 79.9. The van der Waals surface area contributed by atoms with Crippen molar-refractivity contribution in [3.8, 4) is 0 Å². The zero-order chi connectivity index (χ0) is 33.2. The smallest absolute Gasteiger partial charge is 0.282 e. The van der Waals surface area contributed by atoms with Crippen LogP contribution in [0.15, 0.2) is 57.9 Å². The van der Waals surface area contributed by atoms with Crippen LogP contribution >= 0.6 is 15.9 Å². The largest absolute Gasteiger partial charge is 0.379 e. The Morgan fingerprint density at radius 3 is 2.49 bits per heavy atom. The lowest BCUT2D eigenvalue weighted by atomic mass is 9.86. The van der Waals surface area contributed by atoms with E-state index in [1.54, 1.807) is 19.3 Å². The quantitative estimate of drug-likeness (QED) is 0.354. The number of nitrogens with one attached hydrogen (secondary N) is 2. The molecule has 10 nitrogen and oxygen atoms in total. The molecule has 0 radical (unpaired) electrons. The molecule has 3 fully saturated rings. The lowest BCUT2D eigenvalue weighted by Crippen LogP contribution is -2.43. The monoisotopic (exact) mass is 706 g/mol. The standard InChI is InChI=1S/C35H40BrFN6O4/c1-41-19-25(17-26(20-41)39-30-18-38-42(2)35(47)32(30)36)23-4-6-24(7-5-23)34(46)43-13-11-21(12-14-43)15-22-3-8-27(29(37)16-22)28-9-10-31(44)40-33(28)45/h3-8,16,18,21,25-26,28,39H,9-15,17,19-20H2,1-2H3,(H,40,44,45). The number of anilines is 1. The maximum atomic E-state index is 15.0. The number of rotatable bonds is 7. The number of benzene rings is 2. The van der Waals surface area contributed by atoms with Gasteiger partial charge in [-0.05, 0) is 96.2 Å². The van der Waals surface area contributed by atoms with Crippen molar-refractivity contribution >= 4 is 39.3 Å². The molecule has 2 N–H and O–H groups in total. The van der Waals surface area contributed by atoms with Crippen LogP contribution in [0, 0.1) is 11.7 Å². The first-order valence-electron chi connectivity index (χ1n) is 16.2. The first-order valence-corrected chi connectivity index (χ1v) is 17.0. The van der Waals surface area contributed by atoms with Crippen LogP contribution in [-0.2, 0) is 23.1 Å². The zero-order valence-electron chi connectivity index (χ0n) is 26.7. The lowest BCUT2D eigenvalue weighted by molar-refractivity contribution is -0.134. The van der Waals surface area contributed by atoms with Crippen LogP contribution < -0.4 is 16.2 Å². The molecule has 248 valence electrons. The number of nitrogens with zero attached hydrogens (tertiary/aromatic N) is 4. The van der Waals surface area contributed by atoms with Gasteiger partial charge in [-0.15, -0.1) is 0 Å². The molecule has 3 saturated heterocycles. The third kappa shape index (κ3) is 7.49. The van der Waals surface area contributed by atoms with Gasteiger partial charge in [0.2, 0.25) is 11.8 Å². The van der Waals surface area contributed by atoms with Gasteiger partial charge in [-0.3, -0.25) is 24.5 Å². The van der Waals surface area contributed by atoms with E-state index in [9.17, 15) is 23.6 Å². The van der Waals surface area contributed by atoms with Crippen molar-refractivity contribution in [2.24, 2.45) is 13.0 Å². The fraction of sp³-hybridized carbons (Fsp3) is 0.457. The predicted octanol–water partition coefficient (Wildman–Crippen LogP) is 4.20. The minimum absolute atomic E-state index is 0.0259. The van der Waals surface area contributed by atoms with Crippen LogP contribution in [0.5, 0.6) is 0 Å². The third-order valence-corrected chi connectivity index (χ3v) is 10.6. The summed E-state index contributed by atoms with van der Waals surface area (Å²) in [7, 11) is 3.71. The highest BCUT2D eigenvalue weighted by Gasteiger charge is 2.31. The molecular weight excluding hydrogens is 667 g/mol. The molecule has 47 heavy (non-hydrogen) atoms. The summed E-state index contributed by atoms with van der Waals surface area (Å²) >= 11 is 3.41. The van der Waals surface area contributed by atoms with Crippen LogP contribution in [0.3, 0.4) is 0 Å². The van der Waals surface area contributed by atoms with Crippen LogP contribution in [0.2, 0.25) is 0 Å². The van der Waals surface area contributed by atoms with Crippen LogP contribution in [-0.4, -0.2) is 76.6 Å². The molecule has 1 aromatic heterocycles. The molecule has 3 unspecified atom stereocenters. The first-order chi connectivity index (χ1) is 22.5. The number of likely N-dealkylation sites (N-methyl/N-ethyl adjacent to an activating group) is 1. The number of imide groups is 1. The van der Waals surface area contributed by atoms with Gasteiger partial charge in [0.05, 0.1) is 17.8 Å². The summed E-state index contributed by atoms with van der Waals surface area (Å²) in [5, 5.41) is 9.93. The van der Waals surface area contributed by atoms with E-state index in [1.165, 1.54) is 16.3 Å². The van der Waals surface area contributed by atoms with Gasteiger partial charge in [-0.25, -0.2) is 9.07 Å². The number of hydrogen-bond donors (Lipinski definition) is 2. The van der Waals surface area contributed by atoms with Gasteiger partial charge in [0.1, 0.15) is 10.3 Å². The van der Waals surface area contributed by atoms with Crippen molar-refractivity contribution in [3.63, 3.8) is 0 Å². The summed E-state index contributed by atoms with van der Waals surface area (Å²) < 4.78 is 16.8. The third-order valence-electron chi connectivity index (χ3n) is 9.81. The second-order valence-electron chi connectivity index (χ2n) is 13.2. The normalized spacial score (nSPS) is 22.6. The van der Waals surface area contributed by atoms with Crippen molar-refractivity contribution in [2.75, 3.05) is 38.5 Å². The summed E-state index contributed by atoms with van der Waals surface area (Å²) in [5.74, 6) is -1.17. The molecule has 3 atom stereocenters. The molecule has 0 spiro atoms. The Labute approximate surface area is 281 Å². The average molecular weight is 708 g/mol. The van der Waals surface area contributed by atoms with Crippen LogP contribution in [0.25, 0.3) is 0 Å². The number of halogens is 2. The second kappa shape index (κ2) is 14.1. The highest BCUT2D eigenvalue weighted by Crippen LogP contribution is 2.31.